The predicted molar refractivity (Wildman–Crippen MR) is 127 cm³/mol. The first kappa shape index (κ1) is 32.7. The zero-order valence-corrected chi connectivity index (χ0v) is 25.5. The molecule has 0 aliphatic heterocycles. The first-order valence-corrected chi connectivity index (χ1v) is 14.7. The van der Waals surface area contributed by atoms with E-state index < -0.39 is 0 Å². The summed E-state index contributed by atoms with van der Waals surface area (Å²) in [5, 5.41) is 0. The van der Waals surface area contributed by atoms with Gasteiger partial charge in [0, 0.05) is 0 Å². The van der Waals surface area contributed by atoms with E-state index in [1.807, 2.05) is 0 Å². The van der Waals surface area contributed by atoms with Crippen molar-refractivity contribution in [3.63, 3.8) is 0 Å². The Kier molecular flexibility index (Phi) is 32.2. The van der Waals surface area contributed by atoms with Crippen LogP contribution in [-0.2, 0) is 15.7 Å². The van der Waals surface area contributed by atoms with Gasteiger partial charge in [-0.05, 0) is 0 Å². The Labute approximate surface area is 214 Å². The van der Waals surface area contributed by atoms with Crippen molar-refractivity contribution in [2.45, 2.75) is 142 Å². The molecular weight excluding hydrogens is 590 g/mol. The summed E-state index contributed by atoms with van der Waals surface area (Å²) in [5.41, 5.74) is 0. The van der Waals surface area contributed by atoms with Gasteiger partial charge in [0.05, 0.1) is 0 Å². The summed E-state index contributed by atoms with van der Waals surface area (Å²) < 4.78 is 9.35. The van der Waals surface area contributed by atoms with Gasteiger partial charge in [0.25, 0.3) is 0 Å². The average molecular weight is 636 g/mol. The molecule has 0 unspecified atom stereocenters. The van der Waals surface area contributed by atoms with E-state index in [0.29, 0.717) is 12.8 Å². The van der Waals surface area contributed by atoms with Crippen molar-refractivity contribution in [3.8, 4) is 0 Å². The number of hydrogen-bond acceptors (Lipinski definition) is 4. The van der Waals surface area contributed by atoms with Gasteiger partial charge in [0.2, 0.25) is 0 Å². The van der Waals surface area contributed by atoms with Gasteiger partial charge >= 0.3 is 202 Å². The summed E-state index contributed by atoms with van der Waals surface area (Å²) in [6.07, 6.45) is 24.5. The molecule has 6 radical (unpaired) electrons. The molecule has 0 aliphatic rings. The molecule has 4 nitrogen and oxygen atoms in total. The zero-order valence-electron chi connectivity index (χ0n) is 19.8. The van der Waals surface area contributed by atoms with Crippen molar-refractivity contribution in [2.24, 2.45) is 0 Å². The first-order valence-electron chi connectivity index (χ1n) is 12.3. The van der Waals surface area contributed by atoms with Gasteiger partial charge in [-0.15, -0.1) is 0 Å². The standard InChI is InChI=1S/2C12H24O2.2Sn/c2*1-2-3-4-5-6-7-8-9-10-11-12(13)14;;/h2*2-11H2,1H3,(H,13,14);;/q;;2*+1/p-2. The molecule has 0 N–H and O–H groups in total. The fraction of sp³-hybridized carbons (Fsp3) is 0.917. The quantitative estimate of drug-likeness (QED) is 0.106. The Hall–Kier alpha value is 0.537. The average Bonchev–Trinajstić information content (AvgIpc) is 2.76. The molecule has 0 spiro atoms. The van der Waals surface area contributed by atoms with E-state index in [0.717, 1.165) is 58.7 Å². The Morgan fingerprint density at radius 1 is 0.467 bits per heavy atom. The van der Waals surface area contributed by atoms with E-state index in [2.05, 4.69) is 20.0 Å². The van der Waals surface area contributed by atoms with Crippen LogP contribution in [0.15, 0.2) is 0 Å². The van der Waals surface area contributed by atoms with E-state index >= 15 is 0 Å². The number of unbranched alkanes of at least 4 members (excludes halogenated alkanes) is 16. The van der Waals surface area contributed by atoms with Crippen LogP contribution in [0.1, 0.15) is 142 Å². The number of carbonyl (C=O) groups excluding carboxylic acids is 2. The van der Waals surface area contributed by atoms with Gasteiger partial charge in [-0.25, -0.2) is 0 Å². The molecule has 0 saturated heterocycles. The van der Waals surface area contributed by atoms with Crippen molar-refractivity contribution in [2.75, 3.05) is 0 Å². The van der Waals surface area contributed by atoms with E-state index in [4.69, 9.17) is 0 Å². The second-order valence-electron chi connectivity index (χ2n) is 8.10. The molecule has 0 fully saturated rings. The van der Waals surface area contributed by atoms with Gasteiger partial charge in [0.1, 0.15) is 0 Å². The second-order valence-corrected chi connectivity index (χ2v) is 9.27. The van der Waals surface area contributed by atoms with Gasteiger partial charge in [-0.2, -0.15) is 0 Å². The van der Waals surface area contributed by atoms with Gasteiger partial charge in [-0.1, -0.05) is 13.8 Å². The minimum absolute atomic E-state index is 0.0313. The van der Waals surface area contributed by atoms with Crippen LogP contribution in [0.2, 0.25) is 0 Å². The monoisotopic (exact) mass is 638 g/mol. The van der Waals surface area contributed by atoms with E-state index in [-0.39, 0.29) is 11.9 Å². The SMILES string of the molecule is CCCCCCCCCCCC(=O)[O][Sn].CCCCCCCCCCCC(=O)[O][Sn]. The summed E-state index contributed by atoms with van der Waals surface area (Å²) >= 11 is 1.73. The van der Waals surface area contributed by atoms with Crippen LogP contribution >= 0.6 is 0 Å². The normalized spacial score (nSPS) is 10.3. The van der Waals surface area contributed by atoms with Crippen LogP contribution in [0, 0.1) is 0 Å². The molecule has 0 aromatic carbocycles. The molecule has 0 heterocycles. The van der Waals surface area contributed by atoms with Crippen molar-refractivity contribution in [1.82, 2.24) is 0 Å². The summed E-state index contributed by atoms with van der Waals surface area (Å²) in [7, 11) is 0. The van der Waals surface area contributed by atoms with Crippen LogP contribution in [-0.4, -0.2) is 57.8 Å². The molecule has 0 aliphatic carbocycles. The van der Waals surface area contributed by atoms with Crippen molar-refractivity contribution < 1.29 is 15.7 Å². The van der Waals surface area contributed by atoms with Crippen LogP contribution in [0.25, 0.3) is 0 Å². The Morgan fingerprint density at radius 3 is 0.933 bits per heavy atom. The summed E-state index contributed by atoms with van der Waals surface area (Å²) in [6.45, 7) is 4.49. The van der Waals surface area contributed by atoms with E-state index in [1.54, 1.807) is 0 Å². The predicted octanol–water partition coefficient (Wildman–Crippen LogP) is 7.07. The number of hydrogen-bond donors (Lipinski definition) is 0. The maximum absolute atomic E-state index is 10.8. The number of carbonyl (C=O) groups is 2. The fourth-order valence-corrected chi connectivity index (χ4v) is 3.84. The molecule has 0 aromatic heterocycles. The molecule has 0 aromatic rings. The van der Waals surface area contributed by atoms with Crippen LogP contribution in [0.3, 0.4) is 0 Å². The second kappa shape index (κ2) is 29.5. The molecule has 174 valence electrons. The van der Waals surface area contributed by atoms with Crippen molar-refractivity contribution in [1.29, 1.82) is 0 Å². The van der Waals surface area contributed by atoms with Crippen molar-refractivity contribution >= 4 is 57.8 Å². The molecule has 0 atom stereocenters. The first-order chi connectivity index (χ1) is 14.6. The maximum atomic E-state index is 10.8. The Bertz CT molecular complexity index is 331. The zero-order chi connectivity index (χ0) is 22.7. The van der Waals surface area contributed by atoms with Crippen LogP contribution in [0.5, 0.6) is 0 Å². The Balaban J connectivity index is 0. The molecule has 0 amide bonds. The van der Waals surface area contributed by atoms with E-state index in [1.165, 1.54) is 103 Å². The third-order valence-corrected chi connectivity index (χ3v) is 6.50. The summed E-state index contributed by atoms with van der Waals surface area (Å²) in [6, 6.07) is 0. The van der Waals surface area contributed by atoms with Gasteiger partial charge < -0.3 is 0 Å². The number of rotatable bonds is 20. The minimum atomic E-state index is -0.0313. The van der Waals surface area contributed by atoms with Gasteiger partial charge in [0.15, 0.2) is 0 Å². The topological polar surface area (TPSA) is 52.6 Å². The molecule has 30 heavy (non-hydrogen) atoms. The van der Waals surface area contributed by atoms with Gasteiger partial charge in [-0.3, -0.25) is 0 Å². The Morgan fingerprint density at radius 2 is 0.700 bits per heavy atom. The fourth-order valence-electron chi connectivity index (χ4n) is 3.26. The summed E-state index contributed by atoms with van der Waals surface area (Å²) in [5.74, 6) is -0.0627. The van der Waals surface area contributed by atoms with Crippen LogP contribution < -0.4 is 0 Å². The third-order valence-electron chi connectivity index (χ3n) is 5.20. The molecule has 0 bridgehead atoms. The van der Waals surface area contributed by atoms with Crippen LogP contribution in [0.4, 0.5) is 0 Å². The molecular formula is C24H46O4Sn2. The third kappa shape index (κ3) is 30.7. The summed E-state index contributed by atoms with van der Waals surface area (Å²) in [4.78, 5) is 21.6. The molecule has 0 saturated carbocycles. The van der Waals surface area contributed by atoms with E-state index in [9.17, 15) is 9.59 Å². The molecule has 6 heteroatoms. The molecule has 0 rings (SSSR count). The van der Waals surface area contributed by atoms with Crippen molar-refractivity contribution in [3.05, 3.63) is 0 Å².